The van der Waals surface area contributed by atoms with Crippen LogP contribution in [-0.2, 0) is 35.4 Å². The van der Waals surface area contributed by atoms with Crippen LogP contribution in [0.15, 0.2) is 0 Å². The number of rotatable bonds is 2. The normalized spacial score (nSPS) is 7.12. The average molecular weight is 147 g/mol. The van der Waals surface area contributed by atoms with E-state index in [-0.39, 0.29) is 38.0 Å². The Kier molecular flexibility index (Phi) is 7.02. The van der Waals surface area contributed by atoms with Crippen molar-refractivity contribution in [2.24, 2.45) is 0 Å². The third-order valence-electron chi connectivity index (χ3n) is 0.400. The largest absolute Gasteiger partial charge is 0.481 e. The van der Waals surface area contributed by atoms with E-state index in [4.69, 9.17) is 5.11 Å². The zero-order valence-corrected chi connectivity index (χ0v) is 6.35. The molecule has 1 radical (unpaired) electrons. The van der Waals surface area contributed by atoms with E-state index in [1.165, 1.54) is 6.92 Å². The first kappa shape index (κ1) is 10.9. The Balaban J connectivity index is 0. The van der Waals surface area contributed by atoms with Gasteiger partial charge in [0.25, 0.3) is 0 Å². The molecule has 0 saturated heterocycles. The van der Waals surface area contributed by atoms with Gasteiger partial charge in [-0.1, -0.05) is 0 Å². The molecule has 0 unspecified atom stereocenters. The minimum Gasteiger partial charge on any atom is -0.481 e. The van der Waals surface area contributed by atoms with E-state index in [1.54, 1.807) is 0 Å². The summed E-state index contributed by atoms with van der Waals surface area (Å²) in [6, 6.07) is 0. The minimum absolute atomic E-state index is 0. The van der Waals surface area contributed by atoms with Crippen LogP contribution in [0.3, 0.4) is 0 Å². The molecule has 0 rings (SSSR count). The van der Waals surface area contributed by atoms with Crippen molar-refractivity contribution < 1.29 is 40.5 Å². The summed E-state index contributed by atoms with van der Waals surface area (Å²) in [5.74, 6) is -1.37. The Morgan fingerprint density at radius 2 is 1.88 bits per heavy atom. The fourth-order valence-electron chi connectivity index (χ4n) is 0.213. The minimum atomic E-state index is -1.06. The van der Waals surface area contributed by atoms with Gasteiger partial charge in [-0.3, -0.25) is 9.59 Å². The van der Waals surface area contributed by atoms with Crippen LogP contribution in [-0.4, -0.2) is 16.9 Å². The first-order chi connectivity index (χ1) is 3.13. The van der Waals surface area contributed by atoms with Crippen molar-refractivity contribution in [3.8, 4) is 0 Å². The molecule has 0 bridgehead atoms. The van der Waals surface area contributed by atoms with Crippen molar-refractivity contribution in [1.29, 1.82) is 0 Å². The van der Waals surface area contributed by atoms with Gasteiger partial charge in [0.1, 0.15) is 12.2 Å². The third kappa shape index (κ3) is 9.38. The van der Waals surface area contributed by atoms with Crippen LogP contribution in [0.4, 0.5) is 0 Å². The molecule has 4 heteroatoms. The summed E-state index contributed by atoms with van der Waals surface area (Å²) in [7, 11) is 0. The zero-order valence-electron chi connectivity index (χ0n) is 4.55. The molecule has 0 saturated carbocycles. The second-order valence-corrected chi connectivity index (χ2v) is 1.27. The van der Waals surface area contributed by atoms with Gasteiger partial charge in [0.15, 0.2) is 0 Å². The monoisotopic (exact) mass is 147 g/mol. The number of hydrogen-bond acceptors (Lipinski definition) is 2. The Hall–Kier alpha value is 0.0101. The fraction of sp³-hybridized carbons (Fsp3) is 0.500. The second-order valence-electron chi connectivity index (χ2n) is 1.27. The Bertz CT molecular complexity index is 87.5. The van der Waals surface area contributed by atoms with E-state index < -0.39 is 5.97 Å². The van der Waals surface area contributed by atoms with Crippen molar-refractivity contribution in [3.05, 3.63) is 0 Å². The first-order valence-corrected chi connectivity index (χ1v) is 1.84. The second kappa shape index (κ2) is 5.15. The summed E-state index contributed by atoms with van der Waals surface area (Å²) in [6.45, 7) is 1.24. The van der Waals surface area contributed by atoms with E-state index in [0.29, 0.717) is 0 Å². The van der Waals surface area contributed by atoms with Gasteiger partial charge in [-0.25, -0.2) is 0 Å². The molecule has 0 atom stereocenters. The van der Waals surface area contributed by atoms with Crippen molar-refractivity contribution in [1.82, 2.24) is 0 Å². The molecule has 0 fully saturated rings. The number of carboxylic acids is 1. The SMILES string of the molecule is CC(=O)CC(=O)O.[Sc]. The van der Waals surface area contributed by atoms with Crippen molar-refractivity contribution >= 4 is 11.8 Å². The van der Waals surface area contributed by atoms with Gasteiger partial charge >= 0.3 is 5.97 Å². The maximum atomic E-state index is 9.87. The van der Waals surface area contributed by atoms with E-state index >= 15 is 0 Å². The average Bonchev–Trinajstić information content (AvgIpc) is 1.27. The van der Waals surface area contributed by atoms with Crippen molar-refractivity contribution in [2.45, 2.75) is 13.3 Å². The molecule has 0 aliphatic carbocycles. The van der Waals surface area contributed by atoms with Gasteiger partial charge in [0.2, 0.25) is 0 Å². The molecular formula is C4H6O3Sc. The molecule has 8 heavy (non-hydrogen) atoms. The summed E-state index contributed by atoms with van der Waals surface area (Å²) < 4.78 is 0. The molecule has 0 spiro atoms. The molecule has 0 heterocycles. The van der Waals surface area contributed by atoms with Gasteiger partial charge in [0.05, 0.1) is 0 Å². The number of carbonyl (C=O) groups is 2. The van der Waals surface area contributed by atoms with E-state index in [0.717, 1.165) is 0 Å². The molecule has 0 aliphatic heterocycles. The standard InChI is InChI=1S/C4H6O3.Sc/c1-3(5)2-4(6)7;/h2H2,1H3,(H,6,7);. The quantitative estimate of drug-likeness (QED) is 0.561. The van der Waals surface area contributed by atoms with Crippen molar-refractivity contribution in [2.75, 3.05) is 0 Å². The van der Waals surface area contributed by atoms with Crippen LogP contribution in [0.2, 0.25) is 0 Å². The van der Waals surface area contributed by atoms with Crippen LogP contribution < -0.4 is 0 Å². The van der Waals surface area contributed by atoms with E-state index in [2.05, 4.69) is 0 Å². The Morgan fingerprint density at radius 1 is 1.50 bits per heavy atom. The maximum Gasteiger partial charge on any atom is 0.310 e. The van der Waals surface area contributed by atoms with Crippen LogP contribution in [0, 0.1) is 0 Å². The molecule has 0 aromatic rings. The number of ketones is 1. The van der Waals surface area contributed by atoms with Crippen molar-refractivity contribution in [3.63, 3.8) is 0 Å². The first-order valence-electron chi connectivity index (χ1n) is 1.84. The summed E-state index contributed by atoms with van der Waals surface area (Å²) in [4.78, 5) is 19.5. The van der Waals surface area contributed by atoms with Gasteiger partial charge in [-0.2, -0.15) is 0 Å². The number of hydrogen-bond donors (Lipinski definition) is 1. The molecule has 1 N–H and O–H groups in total. The van der Waals surface area contributed by atoms with Gasteiger partial charge in [0, 0.05) is 25.8 Å². The smallest absolute Gasteiger partial charge is 0.310 e. The molecule has 43 valence electrons. The maximum absolute atomic E-state index is 9.87. The number of carbonyl (C=O) groups excluding carboxylic acids is 1. The molecular weight excluding hydrogens is 141 g/mol. The topological polar surface area (TPSA) is 54.4 Å². The van der Waals surface area contributed by atoms with Crippen LogP contribution in [0.1, 0.15) is 13.3 Å². The van der Waals surface area contributed by atoms with Crippen LogP contribution in [0.5, 0.6) is 0 Å². The van der Waals surface area contributed by atoms with Gasteiger partial charge in [-0.05, 0) is 6.92 Å². The van der Waals surface area contributed by atoms with Gasteiger partial charge < -0.3 is 5.11 Å². The number of carboxylic acid groups (broad SMARTS) is 1. The van der Waals surface area contributed by atoms with E-state index in [1.807, 2.05) is 0 Å². The van der Waals surface area contributed by atoms with Gasteiger partial charge in [-0.15, -0.1) is 0 Å². The number of Topliss-reactive ketones (excluding diaryl/α,β-unsaturated/α-hetero) is 1. The van der Waals surface area contributed by atoms with Crippen LogP contribution in [0.25, 0.3) is 0 Å². The van der Waals surface area contributed by atoms with E-state index in [9.17, 15) is 9.59 Å². The Labute approximate surface area is 65.9 Å². The fourth-order valence-corrected chi connectivity index (χ4v) is 0.213. The van der Waals surface area contributed by atoms with Crippen LogP contribution >= 0.6 is 0 Å². The Morgan fingerprint density at radius 3 is 1.88 bits per heavy atom. The third-order valence-corrected chi connectivity index (χ3v) is 0.400. The summed E-state index contributed by atoms with van der Waals surface area (Å²) >= 11 is 0. The molecule has 0 amide bonds. The molecule has 0 aliphatic rings. The summed E-state index contributed by atoms with van der Waals surface area (Å²) in [6.07, 6.45) is -0.361. The number of aliphatic carboxylic acids is 1. The molecule has 0 aromatic carbocycles. The molecule has 0 aromatic heterocycles. The molecule has 3 nitrogen and oxygen atoms in total. The predicted octanol–water partition coefficient (Wildman–Crippen LogP) is 0.0476. The summed E-state index contributed by atoms with van der Waals surface area (Å²) in [5, 5.41) is 7.86. The predicted molar refractivity (Wildman–Crippen MR) is 22.9 cm³/mol. The summed E-state index contributed by atoms with van der Waals surface area (Å²) in [5.41, 5.74) is 0. The zero-order chi connectivity index (χ0) is 5.86.